The van der Waals surface area contributed by atoms with Crippen LogP contribution >= 0.6 is 24.0 Å². The van der Waals surface area contributed by atoms with E-state index in [0.717, 1.165) is 56.4 Å². The molecule has 1 aromatic heterocycles. The van der Waals surface area contributed by atoms with E-state index in [4.69, 9.17) is 9.15 Å². The number of oxazole rings is 1. The van der Waals surface area contributed by atoms with Crippen LogP contribution < -0.4 is 10.6 Å². The van der Waals surface area contributed by atoms with Crippen molar-refractivity contribution in [1.82, 2.24) is 20.5 Å². The SMILES string of the molecule is CCNC(=NCc1coc(-c2ccccc2)n1)NCC1(N(C)C)CCOCC1.I. The molecule has 1 aliphatic rings. The van der Waals surface area contributed by atoms with Gasteiger partial charge in [-0.15, -0.1) is 24.0 Å². The highest BCUT2D eigenvalue weighted by molar-refractivity contribution is 14.0. The summed E-state index contributed by atoms with van der Waals surface area (Å²) in [5, 5.41) is 6.82. The predicted octanol–water partition coefficient (Wildman–Crippen LogP) is 3.13. The minimum Gasteiger partial charge on any atom is -0.444 e. The van der Waals surface area contributed by atoms with Gasteiger partial charge in [0.25, 0.3) is 0 Å². The van der Waals surface area contributed by atoms with E-state index in [9.17, 15) is 0 Å². The standard InChI is InChI=1S/C21H31N5O2.HI/c1-4-22-20(24-16-21(26(2)3)10-12-27-13-11-21)23-14-18-15-28-19(25-18)17-8-6-5-7-9-17;/h5-9,15H,4,10-14,16H2,1-3H3,(H2,22,23,24);1H. The summed E-state index contributed by atoms with van der Waals surface area (Å²) in [6.07, 6.45) is 3.70. The van der Waals surface area contributed by atoms with Gasteiger partial charge in [0, 0.05) is 37.4 Å². The van der Waals surface area contributed by atoms with E-state index in [-0.39, 0.29) is 29.5 Å². The third-order valence-electron chi connectivity index (χ3n) is 5.27. The molecule has 0 saturated carbocycles. The molecular formula is C21H32IN5O2. The summed E-state index contributed by atoms with van der Waals surface area (Å²) in [5.74, 6) is 1.41. The molecule has 0 radical (unpaired) electrons. The van der Waals surface area contributed by atoms with Gasteiger partial charge in [0.15, 0.2) is 5.96 Å². The van der Waals surface area contributed by atoms with Crippen molar-refractivity contribution in [3.8, 4) is 11.5 Å². The average molecular weight is 513 g/mol. The molecule has 0 amide bonds. The number of aliphatic imine (C=N–C) groups is 1. The Bertz CT molecular complexity index is 757. The van der Waals surface area contributed by atoms with E-state index in [1.165, 1.54) is 0 Å². The second kappa shape index (κ2) is 11.5. The number of likely N-dealkylation sites (N-methyl/N-ethyl adjacent to an activating group) is 1. The summed E-state index contributed by atoms with van der Waals surface area (Å²) in [5.41, 5.74) is 1.86. The van der Waals surface area contributed by atoms with Crippen molar-refractivity contribution in [3.05, 3.63) is 42.3 Å². The minimum atomic E-state index is 0. The van der Waals surface area contributed by atoms with Gasteiger partial charge in [-0.2, -0.15) is 0 Å². The van der Waals surface area contributed by atoms with Gasteiger partial charge in [0.2, 0.25) is 5.89 Å². The van der Waals surface area contributed by atoms with E-state index in [2.05, 4.69) is 46.5 Å². The van der Waals surface area contributed by atoms with Crippen LogP contribution in [-0.2, 0) is 11.3 Å². The van der Waals surface area contributed by atoms with E-state index < -0.39 is 0 Å². The Labute approximate surface area is 190 Å². The van der Waals surface area contributed by atoms with Gasteiger partial charge in [-0.1, -0.05) is 18.2 Å². The fourth-order valence-electron chi connectivity index (χ4n) is 3.38. The van der Waals surface area contributed by atoms with Crippen molar-refractivity contribution in [2.75, 3.05) is 40.4 Å². The maximum absolute atomic E-state index is 5.60. The Morgan fingerprint density at radius 3 is 2.55 bits per heavy atom. The molecule has 2 N–H and O–H groups in total. The molecule has 1 fully saturated rings. The van der Waals surface area contributed by atoms with Gasteiger partial charge in [-0.25, -0.2) is 9.98 Å². The zero-order valence-electron chi connectivity index (χ0n) is 17.5. The average Bonchev–Trinajstić information content (AvgIpc) is 3.20. The Balaban J connectivity index is 0.00000300. The Kier molecular flexibility index (Phi) is 9.38. The lowest BCUT2D eigenvalue weighted by Gasteiger charge is -2.43. The summed E-state index contributed by atoms with van der Waals surface area (Å²) in [7, 11) is 4.27. The number of halogens is 1. The molecule has 29 heavy (non-hydrogen) atoms. The molecule has 0 aliphatic carbocycles. The number of rotatable bonds is 7. The molecule has 7 nitrogen and oxygen atoms in total. The Morgan fingerprint density at radius 1 is 1.17 bits per heavy atom. The van der Waals surface area contributed by atoms with Crippen LogP contribution in [0.15, 0.2) is 46.0 Å². The first-order valence-electron chi connectivity index (χ1n) is 9.90. The smallest absolute Gasteiger partial charge is 0.226 e. The first-order chi connectivity index (χ1) is 13.6. The number of guanidine groups is 1. The molecule has 0 unspecified atom stereocenters. The topological polar surface area (TPSA) is 74.9 Å². The molecule has 3 rings (SSSR count). The fourth-order valence-corrected chi connectivity index (χ4v) is 3.38. The highest BCUT2D eigenvalue weighted by atomic mass is 127. The zero-order valence-corrected chi connectivity index (χ0v) is 19.8. The summed E-state index contributed by atoms with van der Waals surface area (Å²) in [6.45, 7) is 5.76. The number of nitrogens with one attached hydrogen (secondary N) is 2. The second-order valence-corrected chi connectivity index (χ2v) is 7.29. The quantitative estimate of drug-likeness (QED) is 0.337. The molecule has 1 aromatic carbocycles. The number of hydrogen-bond acceptors (Lipinski definition) is 5. The fraction of sp³-hybridized carbons (Fsp3) is 0.524. The predicted molar refractivity (Wildman–Crippen MR) is 127 cm³/mol. The van der Waals surface area contributed by atoms with E-state index in [1.807, 2.05) is 30.3 Å². The van der Waals surface area contributed by atoms with Gasteiger partial charge < -0.3 is 24.7 Å². The van der Waals surface area contributed by atoms with Crippen LogP contribution in [0.3, 0.4) is 0 Å². The maximum Gasteiger partial charge on any atom is 0.226 e. The molecule has 2 aromatic rings. The Morgan fingerprint density at radius 2 is 1.90 bits per heavy atom. The summed E-state index contributed by atoms with van der Waals surface area (Å²) < 4.78 is 11.2. The molecular weight excluding hydrogens is 481 g/mol. The van der Waals surface area contributed by atoms with Gasteiger partial charge in [-0.3, -0.25) is 0 Å². The lowest BCUT2D eigenvalue weighted by atomic mass is 9.88. The first kappa shape index (κ1) is 23.6. The summed E-state index contributed by atoms with van der Waals surface area (Å²) in [6, 6.07) is 9.89. The van der Waals surface area contributed by atoms with Crippen molar-refractivity contribution in [1.29, 1.82) is 0 Å². The number of hydrogen-bond donors (Lipinski definition) is 2. The highest BCUT2D eigenvalue weighted by Crippen LogP contribution is 2.25. The largest absolute Gasteiger partial charge is 0.444 e. The van der Waals surface area contributed by atoms with Gasteiger partial charge in [-0.05, 0) is 46.0 Å². The van der Waals surface area contributed by atoms with Crippen LogP contribution in [-0.4, -0.2) is 61.8 Å². The van der Waals surface area contributed by atoms with E-state index >= 15 is 0 Å². The van der Waals surface area contributed by atoms with Crippen molar-refractivity contribution in [3.63, 3.8) is 0 Å². The first-order valence-corrected chi connectivity index (χ1v) is 9.90. The number of benzene rings is 1. The number of aromatic nitrogens is 1. The summed E-state index contributed by atoms with van der Waals surface area (Å²) in [4.78, 5) is 11.5. The third-order valence-corrected chi connectivity index (χ3v) is 5.27. The van der Waals surface area contributed by atoms with Crippen LogP contribution in [0.25, 0.3) is 11.5 Å². The normalized spacial score (nSPS) is 16.3. The van der Waals surface area contributed by atoms with Crippen molar-refractivity contribution < 1.29 is 9.15 Å². The van der Waals surface area contributed by atoms with Gasteiger partial charge >= 0.3 is 0 Å². The summed E-state index contributed by atoms with van der Waals surface area (Å²) >= 11 is 0. The van der Waals surface area contributed by atoms with Gasteiger partial charge in [0.1, 0.15) is 12.0 Å². The lowest BCUT2D eigenvalue weighted by Crippen LogP contribution is -2.57. The Hall–Kier alpha value is -1.65. The molecule has 160 valence electrons. The van der Waals surface area contributed by atoms with Crippen molar-refractivity contribution in [2.24, 2.45) is 4.99 Å². The third kappa shape index (κ3) is 6.42. The van der Waals surface area contributed by atoms with Crippen LogP contribution in [0.1, 0.15) is 25.5 Å². The molecule has 1 saturated heterocycles. The van der Waals surface area contributed by atoms with Crippen LogP contribution in [0.5, 0.6) is 0 Å². The molecule has 2 heterocycles. The molecule has 8 heteroatoms. The number of ether oxygens (including phenoxy) is 1. The van der Waals surface area contributed by atoms with E-state index in [0.29, 0.717) is 12.4 Å². The van der Waals surface area contributed by atoms with Crippen LogP contribution in [0.2, 0.25) is 0 Å². The van der Waals surface area contributed by atoms with Crippen molar-refractivity contribution >= 4 is 29.9 Å². The molecule has 0 atom stereocenters. The number of nitrogens with zero attached hydrogens (tertiary/aromatic N) is 3. The van der Waals surface area contributed by atoms with Gasteiger partial charge in [0.05, 0.1) is 6.54 Å². The van der Waals surface area contributed by atoms with E-state index in [1.54, 1.807) is 6.26 Å². The molecule has 0 spiro atoms. The van der Waals surface area contributed by atoms with Crippen LogP contribution in [0, 0.1) is 0 Å². The highest BCUT2D eigenvalue weighted by Gasteiger charge is 2.34. The van der Waals surface area contributed by atoms with Crippen molar-refractivity contribution in [2.45, 2.75) is 31.8 Å². The zero-order chi connectivity index (χ0) is 19.8. The van der Waals surface area contributed by atoms with Crippen LogP contribution in [0.4, 0.5) is 0 Å². The molecule has 0 bridgehead atoms. The second-order valence-electron chi connectivity index (χ2n) is 7.29. The molecule has 1 aliphatic heterocycles. The minimum absolute atomic E-state index is 0. The monoisotopic (exact) mass is 513 g/mol. The maximum atomic E-state index is 5.60. The lowest BCUT2D eigenvalue weighted by molar-refractivity contribution is -0.00501.